The van der Waals surface area contributed by atoms with E-state index in [4.69, 9.17) is 4.74 Å². The summed E-state index contributed by atoms with van der Waals surface area (Å²) in [6.45, 7) is 0. The molecular formula is C54H34O. The van der Waals surface area contributed by atoms with E-state index in [9.17, 15) is 0 Å². The van der Waals surface area contributed by atoms with E-state index in [1.807, 2.05) is 0 Å². The second-order valence-electron chi connectivity index (χ2n) is 15.1. The third-order valence-corrected chi connectivity index (χ3v) is 12.6. The molecule has 9 aromatic carbocycles. The number of ether oxygens (including phenoxy) is 1. The Morgan fingerprint density at radius 1 is 0.273 bits per heavy atom. The molecule has 1 unspecified atom stereocenters. The fourth-order valence-electron chi connectivity index (χ4n) is 10.4. The van der Waals surface area contributed by atoms with Crippen LogP contribution in [-0.4, -0.2) is 0 Å². The van der Waals surface area contributed by atoms with E-state index in [2.05, 4.69) is 206 Å². The van der Waals surface area contributed by atoms with Gasteiger partial charge in [-0.15, -0.1) is 0 Å². The van der Waals surface area contributed by atoms with Gasteiger partial charge in [-0.3, -0.25) is 0 Å². The number of rotatable bonds is 3. The molecule has 55 heavy (non-hydrogen) atoms. The summed E-state index contributed by atoms with van der Waals surface area (Å²) in [4.78, 5) is 0. The summed E-state index contributed by atoms with van der Waals surface area (Å²) in [6, 6.07) is 76.2. The number of fused-ring (bicyclic) bond motifs is 13. The van der Waals surface area contributed by atoms with Gasteiger partial charge in [-0.1, -0.05) is 170 Å². The average Bonchev–Trinajstić information content (AvgIpc) is 3.71. The van der Waals surface area contributed by atoms with Crippen LogP contribution in [0.4, 0.5) is 0 Å². The van der Waals surface area contributed by atoms with E-state index in [0.29, 0.717) is 0 Å². The summed E-state index contributed by atoms with van der Waals surface area (Å²) >= 11 is 0. The topological polar surface area (TPSA) is 9.23 Å². The highest BCUT2D eigenvalue weighted by atomic mass is 16.5. The molecule has 0 aromatic heterocycles. The van der Waals surface area contributed by atoms with Gasteiger partial charge in [-0.2, -0.15) is 0 Å². The van der Waals surface area contributed by atoms with Crippen molar-refractivity contribution in [1.82, 2.24) is 0 Å². The monoisotopic (exact) mass is 698 g/mol. The van der Waals surface area contributed by atoms with E-state index >= 15 is 0 Å². The SMILES string of the molecule is c1ccc(C2(c3ccccc3)c3ccccc3Oc3ccc(-c4ccc5c(c4)-c4ccccc4C54c5ccccc5-c5cc6ccccc6cc54)cc32)cc1. The van der Waals surface area contributed by atoms with E-state index in [0.717, 1.165) is 28.2 Å². The Balaban J connectivity index is 1.10. The first-order valence-electron chi connectivity index (χ1n) is 19.2. The molecule has 0 amide bonds. The third kappa shape index (κ3) is 3.97. The fourth-order valence-corrected chi connectivity index (χ4v) is 10.4. The van der Waals surface area contributed by atoms with E-state index < -0.39 is 10.8 Å². The predicted octanol–water partition coefficient (Wildman–Crippen LogP) is 13.3. The standard InChI is InChI=1S/C54H34O/c1-3-17-39(18-4-1)53(40-19-5-2-6-20-40)48-25-13-14-26-51(48)55-52-30-28-38(34-50(52)53)37-27-29-47-43(32-37)41-21-9-11-23-45(41)54(47)46-24-12-10-22-42(46)44-31-35-15-7-8-16-36(35)33-49(44)54/h1-34H. The molecule has 0 N–H and O–H groups in total. The van der Waals surface area contributed by atoms with Crippen LogP contribution in [0.1, 0.15) is 44.5 Å². The molecule has 1 heterocycles. The van der Waals surface area contributed by atoms with Gasteiger partial charge in [0.25, 0.3) is 0 Å². The third-order valence-electron chi connectivity index (χ3n) is 12.6. The Kier molecular flexibility index (Phi) is 6.25. The van der Waals surface area contributed by atoms with Crippen LogP contribution < -0.4 is 4.74 Å². The number of benzene rings is 9. The van der Waals surface area contributed by atoms with Crippen molar-refractivity contribution in [3.05, 3.63) is 251 Å². The maximum atomic E-state index is 6.75. The first-order valence-corrected chi connectivity index (χ1v) is 19.2. The van der Waals surface area contributed by atoms with Gasteiger partial charge in [-0.25, -0.2) is 0 Å². The van der Waals surface area contributed by atoms with Gasteiger partial charge in [0, 0.05) is 11.1 Å². The van der Waals surface area contributed by atoms with Gasteiger partial charge in [0.05, 0.1) is 10.8 Å². The molecule has 2 aliphatic carbocycles. The Morgan fingerprint density at radius 2 is 0.764 bits per heavy atom. The highest BCUT2D eigenvalue weighted by molar-refractivity contribution is 6.00. The van der Waals surface area contributed by atoms with E-state index in [1.165, 1.54) is 72.0 Å². The second kappa shape index (κ2) is 11.3. The quantitative estimate of drug-likeness (QED) is 0.178. The Hall–Kier alpha value is -6.96. The van der Waals surface area contributed by atoms with Crippen molar-refractivity contribution < 1.29 is 4.74 Å². The minimum atomic E-state index is -0.573. The molecule has 256 valence electrons. The Labute approximate surface area is 320 Å². The smallest absolute Gasteiger partial charge is 0.132 e. The van der Waals surface area contributed by atoms with Crippen LogP contribution in [0.2, 0.25) is 0 Å². The normalized spacial score (nSPS) is 16.4. The molecule has 0 fully saturated rings. The van der Waals surface area contributed by atoms with Gasteiger partial charge in [0.2, 0.25) is 0 Å². The summed E-state index contributed by atoms with van der Waals surface area (Å²) in [5.74, 6) is 1.77. The van der Waals surface area contributed by atoms with Gasteiger partial charge in [0.15, 0.2) is 0 Å². The minimum Gasteiger partial charge on any atom is -0.457 e. The molecule has 9 aromatic rings. The van der Waals surface area contributed by atoms with Gasteiger partial charge in [0.1, 0.15) is 11.5 Å². The zero-order valence-electron chi connectivity index (χ0n) is 30.0. The summed E-state index contributed by atoms with van der Waals surface area (Å²) in [7, 11) is 0. The maximum absolute atomic E-state index is 6.75. The maximum Gasteiger partial charge on any atom is 0.132 e. The van der Waals surface area contributed by atoms with Crippen LogP contribution in [0, 0.1) is 0 Å². The highest BCUT2D eigenvalue weighted by Crippen LogP contribution is 2.64. The minimum absolute atomic E-state index is 0.399. The Morgan fingerprint density at radius 3 is 1.45 bits per heavy atom. The molecule has 0 saturated heterocycles. The first-order chi connectivity index (χ1) is 27.3. The second-order valence-corrected chi connectivity index (χ2v) is 15.1. The van der Waals surface area contributed by atoms with E-state index in [-0.39, 0.29) is 0 Å². The molecule has 1 heteroatoms. The van der Waals surface area contributed by atoms with Crippen LogP contribution in [0.3, 0.4) is 0 Å². The van der Waals surface area contributed by atoms with Crippen LogP contribution in [0.15, 0.2) is 206 Å². The largest absolute Gasteiger partial charge is 0.457 e. The molecule has 0 saturated carbocycles. The number of para-hydroxylation sites is 1. The molecule has 1 atom stereocenters. The van der Waals surface area contributed by atoms with Crippen molar-refractivity contribution in [1.29, 1.82) is 0 Å². The van der Waals surface area contributed by atoms with Gasteiger partial charge in [-0.05, 0) is 114 Å². The lowest BCUT2D eigenvalue weighted by atomic mass is 9.63. The van der Waals surface area contributed by atoms with Crippen molar-refractivity contribution in [3.63, 3.8) is 0 Å². The van der Waals surface area contributed by atoms with Crippen LogP contribution in [-0.2, 0) is 10.8 Å². The van der Waals surface area contributed by atoms with Crippen molar-refractivity contribution >= 4 is 10.8 Å². The molecule has 1 aliphatic heterocycles. The van der Waals surface area contributed by atoms with Crippen LogP contribution >= 0.6 is 0 Å². The lowest BCUT2D eigenvalue weighted by Crippen LogP contribution is -2.34. The van der Waals surface area contributed by atoms with Crippen molar-refractivity contribution in [2.45, 2.75) is 10.8 Å². The molecule has 1 nitrogen and oxygen atoms in total. The summed E-state index contributed by atoms with van der Waals surface area (Å²) < 4.78 is 6.75. The lowest BCUT2D eigenvalue weighted by Gasteiger charge is -2.41. The number of hydrogen-bond acceptors (Lipinski definition) is 1. The summed E-state index contributed by atoms with van der Waals surface area (Å²) in [6.07, 6.45) is 0. The highest BCUT2D eigenvalue weighted by Gasteiger charge is 2.52. The zero-order valence-corrected chi connectivity index (χ0v) is 30.0. The predicted molar refractivity (Wildman–Crippen MR) is 224 cm³/mol. The zero-order chi connectivity index (χ0) is 36.1. The first kappa shape index (κ1) is 30.5. The van der Waals surface area contributed by atoms with E-state index in [1.54, 1.807) is 0 Å². The number of hydrogen-bond donors (Lipinski definition) is 0. The molecule has 1 spiro atoms. The molecule has 3 aliphatic rings. The Bertz CT molecular complexity index is 2970. The van der Waals surface area contributed by atoms with Crippen LogP contribution in [0.5, 0.6) is 11.5 Å². The van der Waals surface area contributed by atoms with Crippen LogP contribution in [0.25, 0.3) is 44.2 Å². The fraction of sp³-hybridized carbons (Fsp3) is 0.0370. The summed E-state index contributed by atoms with van der Waals surface area (Å²) in [5.41, 5.74) is 16.8. The molecule has 12 rings (SSSR count). The van der Waals surface area contributed by atoms with Crippen molar-refractivity contribution in [2.75, 3.05) is 0 Å². The van der Waals surface area contributed by atoms with Crippen molar-refractivity contribution in [2.24, 2.45) is 0 Å². The van der Waals surface area contributed by atoms with Gasteiger partial charge >= 0.3 is 0 Å². The molecular weight excluding hydrogens is 665 g/mol. The summed E-state index contributed by atoms with van der Waals surface area (Å²) in [5, 5.41) is 2.55. The molecule has 0 bridgehead atoms. The van der Waals surface area contributed by atoms with Crippen molar-refractivity contribution in [3.8, 4) is 44.9 Å². The average molecular weight is 699 g/mol. The van der Waals surface area contributed by atoms with Gasteiger partial charge < -0.3 is 4.74 Å². The molecule has 0 radical (unpaired) electrons. The lowest BCUT2D eigenvalue weighted by molar-refractivity contribution is 0.434.